The van der Waals surface area contributed by atoms with Crippen molar-refractivity contribution < 1.29 is 14.0 Å². The lowest BCUT2D eigenvalue weighted by Crippen LogP contribution is -2.46. The largest absolute Gasteiger partial charge is 0.440 e. The molecule has 0 bridgehead atoms. The fraction of sp³-hybridized carbons (Fsp3) is 0.286. The highest BCUT2D eigenvalue weighted by molar-refractivity contribution is 5.96. The summed E-state index contributed by atoms with van der Waals surface area (Å²) in [6.07, 6.45) is 1.64. The number of benzene rings is 2. The molecule has 1 aliphatic heterocycles. The number of nitrogens with one attached hydrogen (secondary N) is 1. The van der Waals surface area contributed by atoms with Crippen molar-refractivity contribution in [1.82, 2.24) is 15.2 Å². The predicted molar refractivity (Wildman–Crippen MR) is 104 cm³/mol. The van der Waals surface area contributed by atoms with E-state index in [0.29, 0.717) is 13.1 Å². The van der Waals surface area contributed by atoms with Gasteiger partial charge in [-0.25, -0.2) is 9.78 Å². The standard InChI is InChI=1S/C21H22N4O3/c22-21(27)24-19(26)18(14-6-2-1-3-7-14)25-12-10-15(11-13-25)20-23-16-8-4-5-9-17(16)28-20/h1-9,15,18H,10-13H2,(H3,22,24,26,27)/t18-/m0/s1. The fourth-order valence-corrected chi connectivity index (χ4v) is 3.82. The summed E-state index contributed by atoms with van der Waals surface area (Å²) in [7, 11) is 0. The van der Waals surface area contributed by atoms with Crippen LogP contribution in [0.25, 0.3) is 11.1 Å². The molecule has 3 N–H and O–H groups in total. The van der Waals surface area contributed by atoms with Crippen LogP contribution in [0.2, 0.25) is 0 Å². The molecule has 1 saturated heterocycles. The van der Waals surface area contributed by atoms with E-state index in [1.54, 1.807) is 0 Å². The van der Waals surface area contributed by atoms with Crippen LogP contribution in [0.5, 0.6) is 0 Å². The number of carbonyl (C=O) groups is 2. The van der Waals surface area contributed by atoms with Crippen LogP contribution < -0.4 is 11.1 Å². The lowest BCUT2D eigenvalue weighted by molar-refractivity contribution is -0.126. The van der Waals surface area contributed by atoms with Crippen LogP contribution in [0.3, 0.4) is 0 Å². The van der Waals surface area contributed by atoms with Crippen LogP contribution >= 0.6 is 0 Å². The molecular formula is C21H22N4O3. The van der Waals surface area contributed by atoms with Crippen LogP contribution in [-0.2, 0) is 4.79 Å². The summed E-state index contributed by atoms with van der Waals surface area (Å²) in [6, 6.07) is 15.8. The van der Waals surface area contributed by atoms with Crippen molar-refractivity contribution in [1.29, 1.82) is 0 Å². The Morgan fingerprint density at radius 1 is 1.07 bits per heavy atom. The molecule has 3 aromatic rings. The molecule has 7 nitrogen and oxygen atoms in total. The molecule has 0 saturated carbocycles. The summed E-state index contributed by atoms with van der Waals surface area (Å²) in [5.74, 6) is 0.553. The zero-order chi connectivity index (χ0) is 19.5. The highest BCUT2D eigenvalue weighted by atomic mass is 16.3. The van der Waals surface area contributed by atoms with Gasteiger partial charge in [-0.2, -0.15) is 0 Å². The van der Waals surface area contributed by atoms with Crippen LogP contribution in [-0.4, -0.2) is 34.9 Å². The molecule has 1 atom stereocenters. The first kappa shape index (κ1) is 18.2. The molecule has 0 aliphatic carbocycles. The second kappa shape index (κ2) is 7.82. The maximum Gasteiger partial charge on any atom is 0.318 e. The van der Waals surface area contributed by atoms with Crippen molar-refractivity contribution in [3.63, 3.8) is 0 Å². The predicted octanol–water partition coefficient (Wildman–Crippen LogP) is 2.94. The number of oxazole rings is 1. The van der Waals surface area contributed by atoms with E-state index in [2.05, 4.69) is 15.2 Å². The summed E-state index contributed by atoms with van der Waals surface area (Å²) >= 11 is 0. The number of imide groups is 1. The van der Waals surface area contributed by atoms with Crippen molar-refractivity contribution in [2.24, 2.45) is 5.73 Å². The first-order valence-corrected chi connectivity index (χ1v) is 9.36. The molecule has 1 aliphatic rings. The summed E-state index contributed by atoms with van der Waals surface area (Å²) in [5.41, 5.74) is 7.66. The molecule has 1 fully saturated rings. The number of urea groups is 1. The number of aromatic nitrogens is 1. The number of nitrogens with zero attached hydrogens (tertiary/aromatic N) is 2. The third-order valence-electron chi connectivity index (χ3n) is 5.16. The van der Waals surface area contributed by atoms with E-state index < -0.39 is 18.0 Å². The first-order valence-electron chi connectivity index (χ1n) is 9.36. The van der Waals surface area contributed by atoms with Gasteiger partial charge in [-0.1, -0.05) is 42.5 Å². The number of para-hydroxylation sites is 2. The van der Waals surface area contributed by atoms with E-state index in [1.807, 2.05) is 54.6 Å². The van der Waals surface area contributed by atoms with Crippen molar-refractivity contribution in [2.75, 3.05) is 13.1 Å². The lowest BCUT2D eigenvalue weighted by atomic mass is 9.93. The average molecular weight is 378 g/mol. The van der Waals surface area contributed by atoms with Gasteiger partial charge in [0.15, 0.2) is 11.5 Å². The monoisotopic (exact) mass is 378 g/mol. The normalized spacial score (nSPS) is 16.7. The quantitative estimate of drug-likeness (QED) is 0.727. The Morgan fingerprint density at radius 3 is 2.43 bits per heavy atom. The third-order valence-corrected chi connectivity index (χ3v) is 5.16. The van der Waals surface area contributed by atoms with Crippen LogP contribution in [0.15, 0.2) is 59.0 Å². The minimum Gasteiger partial charge on any atom is -0.440 e. The number of likely N-dealkylation sites (tertiary alicyclic amines) is 1. The topological polar surface area (TPSA) is 101 Å². The molecule has 3 amide bonds. The molecule has 144 valence electrons. The molecule has 1 aromatic heterocycles. The number of amides is 3. The van der Waals surface area contributed by atoms with Crippen LogP contribution in [0.1, 0.15) is 36.3 Å². The summed E-state index contributed by atoms with van der Waals surface area (Å²) in [4.78, 5) is 30.5. The SMILES string of the molecule is NC(=O)NC(=O)[C@H](c1ccccc1)N1CCC(c2nc3ccccc3o2)CC1. The molecule has 4 rings (SSSR count). The van der Waals surface area contributed by atoms with Gasteiger partial charge >= 0.3 is 6.03 Å². The van der Waals surface area contributed by atoms with E-state index in [4.69, 9.17) is 10.2 Å². The van der Waals surface area contributed by atoms with Gasteiger partial charge in [0, 0.05) is 5.92 Å². The summed E-state index contributed by atoms with van der Waals surface area (Å²) < 4.78 is 5.92. The van der Waals surface area contributed by atoms with Gasteiger partial charge in [0.25, 0.3) is 0 Å². The smallest absolute Gasteiger partial charge is 0.318 e. The second-order valence-electron chi connectivity index (χ2n) is 7.00. The molecular weight excluding hydrogens is 356 g/mol. The summed E-state index contributed by atoms with van der Waals surface area (Å²) in [6.45, 7) is 1.38. The van der Waals surface area contributed by atoms with E-state index in [1.165, 1.54) is 0 Å². The molecule has 2 aromatic carbocycles. The van der Waals surface area contributed by atoms with Crippen LogP contribution in [0, 0.1) is 0 Å². The molecule has 28 heavy (non-hydrogen) atoms. The maximum absolute atomic E-state index is 12.6. The zero-order valence-corrected chi connectivity index (χ0v) is 15.4. The van der Waals surface area contributed by atoms with Crippen molar-refractivity contribution >= 4 is 23.0 Å². The minimum absolute atomic E-state index is 0.208. The Bertz CT molecular complexity index is 944. The number of hydrogen-bond donors (Lipinski definition) is 2. The number of primary amides is 1. The number of piperidine rings is 1. The van der Waals surface area contributed by atoms with Gasteiger partial charge in [-0.05, 0) is 43.6 Å². The Balaban J connectivity index is 1.50. The van der Waals surface area contributed by atoms with Crippen molar-refractivity contribution in [3.8, 4) is 0 Å². The molecule has 0 unspecified atom stereocenters. The summed E-state index contributed by atoms with van der Waals surface area (Å²) in [5, 5.41) is 2.23. The first-order chi connectivity index (χ1) is 13.6. The minimum atomic E-state index is -0.840. The lowest BCUT2D eigenvalue weighted by Gasteiger charge is -2.36. The van der Waals surface area contributed by atoms with Gasteiger partial charge in [0.05, 0.1) is 0 Å². The Labute approximate surface area is 162 Å². The van der Waals surface area contributed by atoms with E-state index in [0.717, 1.165) is 35.4 Å². The van der Waals surface area contributed by atoms with Gasteiger partial charge in [0.1, 0.15) is 11.6 Å². The number of hydrogen-bond acceptors (Lipinski definition) is 5. The molecule has 0 radical (unpaired) electrons. The molecule has 7 heteroatoms. The number of nitrogens with two attached hydrogens (primary N) is 1. The molecule has 2 heterocycles. The highest BCUT2D eigenvalue weighted by Crippen LogP contribution is 2.33. The van der Waals surface area contributed by atoms with Gasteiger partial charge < -0.3 is 10.2 Å². The molecule has 0 spiro atoms. The number of carbonyl (C=O) groups excluding carboxylic acids is 2. The highest BCUT2D eigenvalue weighted by Gasteiger charge is 2.33. The Morgan fingerprint density at radius 2 is 1.75 bits per heavy atom. The van der Waals surface area contributed by atoms with Gasteiger partial charge in [0.2, 0.25) is 5.91 Å². The Kier molecular flexibility index (Phi) is 5.08. The fourth-order valence-electron chi connectivity index (χ4n) is 3.82. The zero-order valence-electron chi connectivity index (χ0n) is 15.4. The Hall–Kier alpha value is -3.19. The maximum atomic E-state index is 12.6. The third kappa shape index (κ3) is 3.75. The average Bonchev–Trinajstić information content (AvgIpc) is 3.13. The van der Waals surface area contributed by atoms with E-state index in [9.17, 15) is 9.59 Å². The van der Waals surface area contributed by atoms with Gasteiger partial charge in [-0.3, -0.25) is 15.0 Å². The van der Waals surface area contributed by atoms with E-state index in [-0.39, 0.29) is 5.92 Å². The van der Waals surface area contributed by atoms with E-state index >= 15 is 0 Å². The van der Waals surface area contributed by atoms with Crippen molar-refractivity contribution in [3.05, 3.63) is 66.1 Å². The van der Waals surface area contributed by atoms with Crippen molar-refractivity contribution in [2.45, 2.75) is 24.8 Å². The van der Waals surface area contributed by atoms with Gasteiger partial charge in [-0.15, -0.1) is 0 Å². The number of rotatable bonds is 4. The van der Waals surface area contributed by atoms with Crippen LogP contribution in [0.4, 0.5) is 4.79 Å². The number of fused-ring (bicyclic) bond motifs is 1. The second-order valence-corrected chi connectivity index (χ2v) is 7.00.